The van der Waals surface area contributed by atoms with Crippen molar-refractivity contribution in [3.63, 3.8) is 0 Å². The van der Waals surface area contributed by atoms with Gasteiger partial charge in [0.25, 0.3) is 0 Å². The Hall–Kier alpha value is -5.06. The summed E-state index contributed by atoms with van der Waals surface area (Å²) in [4.78, 5) is 73.3. The van der Waals surface area contributed by atoms with Crippen molar-refractivity contribution in [1.29, 1.82) is 0 Å². The molecular weight excluding hydrogens is 1430 g/mol. The largest absolute Gasteiger partial charge is 0.472 e. The molecule has 0 spiro atoms. The lowest BCUT2D eigenvalue weighted by atomic mass is 10.0. The number of aliphatic hydroxyl groups excluding tert-OH is 1. The van der Waals surface area contributed by atoms with Crippen LogP contribution >= 0.6 is 15.6 Å². The monoisotopic (exact) mass is 1580 g/mol. The van der Waals surface area contributed by atoms with E-state index < -0.39 is 97.5 Å². The molecule has 110 heavy (non-hydrogen) atoms. The third kappa shape index (κ3) is 81.0. The zero-order valence-electron chi connectivity index (χ0n) is 69.1. The first-order valence-corrected chi connectivity index (χ1v) is 46.1. The van der Waals surface area contributed by atoms with E-state index in [1.807, 2.05) is 18.2 Å². The average Bonchev–Trinajstić information content (AvgIpc) is 0.906. The highest BCUT2D eigenvalue weighted by atomic mass is 31.2. The summed E-state index contributed by atoms with van der Waals surface area (Å²) < 4.78 is 68.8. The molecule has 0 fully saturated rings. The van der Waals surface area contributed by atoms with Crippen LogP contribution in [-0.2, 0) is 65.4 Å². The molecular formula is C91H154O17P2. The van der Waals surface area contributed by atoms with Crippen molar-refractivity contribution >= 4 is 39.5 Å². The summed E-state index contributed by atoms with van der Waals surface area (Å²) in [5.74, 6) is -2.29. The Morgan fingerprint density at radius 2 is 0.491 bits per heavy atom. The molecule has 0 aromatic rings. The Kier molecular flexibility index (Phi) is 78.2. The fourth-order valence-electron chi connectivity index (χ4n) is 11.3. The van der Waals surface area contributed by atoms with Crippen LogP contribution < -0.4 is 0 Å². The smallest absolute Gasteiger partial charge is 0.462 e. The second kappa shape index (κ2) is 81.9. The maximum Gasteiger partial charge on any atom is 0.472 e. The molecule has 0 bridgehead atoms. The van der Waals surface area contributed by atoms with Crippen molar-refractivity contribution in [2.45, 2.75) is 367 Å². The van der Waals surface area contributed by atoms with Crippen LogP contribution in [0.25, 0.3) is 0 Å². The third-order valence-electron chi connectivity index (χ3n) is 17.8. The Balaban J connectivity index is 5.45. The molecule has 5 unspecified atom stereocenters. The minimum atomic E-state index is -5.01. The minimum Gasteiger partial charge on any atom is -0.462 e. The molecule has 19 heteroatoms. The Labute approximate surface area is 668 Å². The van der Waals surface area contributed by atoms with Gasteiger partial charge in [-0.2, -0.15) is 0 Å². The predicted octanol–water partition coefficient (Wildman–Crippen LogP) is 25.8. The fourth-order valence-corrected chi connectivity index (χ4v) is 12.9. The van der Waals surface area contributed by atoms with Gasteiger partial charge in [0.05, 0.1) is 26.4 Å². The number of aliphatic hydroxyl groups is 1. The van der Waals surface area contributed by atoms with Crippen LogP contribution in [0.1, 0.15) is 349 Å². The number of carbonyl (C=O) groups excluding carboxylic acids is 4. The van der Waals surface area contributed by atoms with Gasteiger partial charge in [0, 0.05) is 25.7 Å². The summed E-state index contributed by atoms with van der Waals surface area (Å²) in [7, 11) is -10.00. The molecule has 0 saturated heterocycles. The lowest BCUT2D eigenvalue weighted by molar-refractivity contribution is -0.161. The number of carbonyl (C=O) groups is 4. The van der Waals surface area contributed by atoms with Gasteiger partial charge in [-0.25, -0.2) is 9.13 Å². The van der Waals surface area contributed by atoms with E-state index in [4.69, 9.17) is 37.0 Å². The summed E-state index contributed by atoms with van der Waals surface area (Å²) in [6.07, 6.45) is 95.3. The number of allylic oxidation sites excluding steroid dienone is 24. The van der Waals surface area contributed by atoms with Crippen molar-refractivity contribution in [2.75, 3.05) is 39.6 Å². The second-order valence-electron chi connectivity index (χ2n) is 28.4. The summed E-state index contributed by atoms with van der Waals surface area (Å²) in [5.41, 5.74) is 0. The first-order valence-electron chi connectivity index (χ1n) is 43.1. The molecule has 0 rings (SSSR count). The summed E-state index contributed by atoms with van der Waals surface area (Å²) in [5, 5.41) is 10.7. The molecule has 0 aliphatic carbocycles. The summed E-state index contributed by atoms with van der Waals surface area (Å²) in [6, 6.07) is 0. The van der Waals surface area contributed by atoms with Gasteiger partial charge in [-0.15, -0.1) is 0 Å². The van der Waals surface area contributed by atoms with E-state index in [0.717, 1.165) is 180 Å². The van der Waals surface area contributed by atoms with Crippen molar-refractivity contribution in [3.05, 3.63) is 146 Å². The van der Waals surface area contributed by atoms with Gasteiger partial charge in [-0.05, 0) is 135 Å². The molecule has 0 aromatic carbocycles. The number of ether oxygens (including phenoxy) is 4. The Bertz CT molecular complexity index is 2650. The van der Waals surface area contributed by atoms with Crippen molar-refractivity contribution in [1.82, 2.24) is 0 Å². The van der Waals surface area contributed by atoms with Crippen LogP contribution in [0.3, 0.4) is 0 Å². The van der Waals surface area contributed by atoms with Gasteiger partial charge in [-0.3, -0.25) is 37.3 Å². The zero-order valence-corrected chi connectivity index (χ0v) is 70.9. The maximum atomic E-state index is 13.1. The second-order valence-corrected chi connectivity index (χ2v) is 31.3. The highest BCUT2D eigenvalue weighted by Crippen LogP contribution is 2.45. The van der Waals surface area contributed by atoms with E-state index in [0.29, 0.717) is 32.1 Å². The zero-order chi connectivity index (χ0) is 80.3. The molecule has 5 atom stereocenters. The van der Waals surface area contributed by atoms with Gasteiger partial charge >= 0.3 is 39.5 Å². The highest BCUT2D eigenvalue weighted by Gasteiger charge is 2.30. The number of phosphoric acid groups is 2. The molecule has 17 nitrogen and oxygen atoms in total. The lowest BCUT2D eigenvalue weighted by Crippen LogP contribution is -2.30. The highest BCUT2D eigenvalue weighted by molar-refractivity contribution is 7.47. The normalized spacial score (nSPS) is 14.5. The molecule has 3 N–H and O–H groups in total. The number of hydrogen-bond acceptors (Lipinski definition) is 15. The van der Waals surface area contributed by atoms with E-state index >= 15 is 0 Å². The summed E-state index contributed by atoms with van der Waals surface area (Å²) >= 11 is 0. The number of rotatable bonds is 80. The van der Waals surface area contributed by atoms with Gasteiger partial charge < -0.3 is 33.8 Å². The Morgan fingerprint density at radius 3 is 0.800 bits per heavy atom. The topological polar surface area (TPSA) is 237 Å². The first-order chi connectivity index (χ1) is 53.7. The standard InChI is InChI=1S/C91H154O17P2/c1-5-9-13-17-21-25-29-33-37-40-42-45-48-51-55-59-63-67-71-75-88(93)101-81-86(107-90(95)77-73-69-65-61-57-53-47-36-32-28-24-20-16-12-8-4)83-105-109(97,98)103-79-85(92)80-104-110(99,100)106-84-87(108-91(96)78-74-70-66-62-58-54-50-44-39-35-31-27-23-19-15-11-7-3)82-102-89(94)76-72-68-64-60-56-52-49-46-43-41-38-34-30-26-22-18-14-10-6-2/h10-11,14-15,21-23,25-27,33-35,37-39,42-43,45-46,52,56,64,68,85-87,92H,5-9,12-13,16-20,24,28-32,36,40-41,44,47-51,53-55,57-63,65-67,69-84H2,1-4H3,(H,97,98)(H,99,100)/b14-10-,15-11-,25-21-,26-22-,27-23-,37-33-,38-34-,39-35-,45-42-,46-43-,56-52-,68-64-. The molecule has 0 aliphatic rings. The van der Waals surface area contributed by atoms with E-state index in [-0.39, 0.29) is 25.7 Å². The average molecular weight is 1580 g/mol. The molecule has 0 aromatic heterocycles. The summed E-state index contributed by atoms with van der Waals surface area (Å²) in [6.45, 7) is 4.56. The van der Waals surface area contributed by atoms with Crippen LogP contribution in [0.15, 0.2) is 146 Å². The molecule has 0 saturated carbocycles. The first kappa shape index (κ1) is 105. The van der Waals surface area contributed by atoms with E-state index in [9.17, 15) is 43.2 Å². The van der Waals surface area contributed by atoms with Crippen LogP contribution in [0.2, 0.25) is 0 Å². The van der Waals surface area contributed by atoms with Gasteiger partial charge in [0.2, 0.25) is 0 Å². The lowest BCUT2D eigenvalue weighted by Gasteiger charge is -2.21. The van der Waals surface area contributed by atoms with E-state index in [1.54, 1.807) is 0 Å². The van der Waals surface area contributed by atoms with Crippen molar-refractivity contribution in [2.24, 2.45) is 0 Å². The SMILES string of the molecule is CC/C=C\C/C=C\C/C=C\C/C=C\C/C=C\C/C=C\CCC(=O)OCC(COP(=O)(O)OCC(O)COP(=O)(O)OCC(COC(=O)CCCCCCCC/C=C\C/C=C\C/C=C\CCCCC)OC(=O)CCCCCCCCCCCCCCCCC)OC(=O)CCCCCCCCC/C=C\C/C=C\C/C=C\CC. The fraction of sp³-hybridized carbons (Fsp3) is 0.692. The molecule has 0 aliphatic heterocycles. The molecule has 0 radical (unpaired) electrons. The third-order valence-corrected chi connectivity index (χ3v) is 19.7. The number of unbranched alkanes of at least 4 members (excludes halogenated alkanes) is 30. The predicted molar refractivity (Wildman–Crippen MR) is 454 cm³/mol. The van der Waals surface area contributed by atoms with Crippen LogP contribution in [0, 0.1) is 0 Å². The van der Waals surface area contributed by atoms with E-state index in [2.05, 4.69) is 155 Å². The van der Waals surface area contributed by atoms with Crippen molar-refractivity contribution < 1.29 is 80.2 Å². The quantitative estimate of drug-likeness (QED) is 0.0169. The maximum absolute atomic E-state index is 13.1. The van der Waals surface area contributed by atoms with Crippen LogP contribution in [0.5, 0.6) is 0 Å². The number of phosphoric ester groups is 2. The van der Waals surface area contributed by atoms with Gasteiger partial charge in [-0.1, -0.05) is 334 Å². The number of hydrogen-bond donors (Lipinski definition) is 3. The number of esters is 4. The van der Waals surface area contributed by atoms with Crippen LogP contribution in [-0.4, -0.2) is 96.7 Å². The molecule has 0 heterocycles. The van der Waals surface area contributed by atoms with Gasteiger partial charge in [0.1, 0.15) is 19.3 Å². The minimum absolute atomic E-state index is 0.0304. The molecule has 630 valence electrons. The van der Waals surface area contributed by atoms with Crippen LogP contribution in [0.4, 0.5) is 0 Å². The van der Waals surface area contributed by atoms with Crippen molar-refractivity contribution in [3.8, 4) is 0 Å². The van der Waals surface area contributed by atoms with Gasteiger partial charge in [0.15, 0.2) is 12.2 Å². The Morgan fingerprint density at radius 1 is 0.264 bits per heavy atom. The molecule has 0 amide bonds. The van der Waals surface area contributed by atoms with E-state index in [1.165, 1.54) is 83.5 Å².